The zero-order chi connectivity index (χ0) is 15.4. The van der Waals surface area contributed by atoms with Gasteiger partial charge in [0.05, 0.1) is 6.33 Å². The van der Waals surface area contributed by atoms with Crippen molar-refractivity contribution in [2.75, 3.05) is 12.3 Å². The highest BCUT2D eigenvalue weighted by Crippen LogP contribution is 2.42. The van der Waals surface area contributed by atoms with Crippen molar-refractivity contribution in [1.29, 1.82) is 0 Å². The van der Waals surface area contributed by atoms with Crippen LogP contribution in [0.5, 0.6) is 0 Å². The van der Waals surface area contributed by atoms with E-state index in [1.165, 1.54) is 0 Å². The Kier molecular flexibility index (Phi) is 2.92. The van der Waals surface area contributed by atoms with E-state index in [2.05, 4.69) is 19.7 Å². The molecule has 11 heteroatoms. The fourth-order valence-electron chi connectivity index (χ4n) is 2.18. The number of hydrogen-bond acceptors (Lipinski definition) is 6. The molecule has 3 heterocycles. The standard InChI is InChI=1S/C10H10F3N5O3/c11-3-5(12)10(13,1-19)21-8(3)18-2-15-4-6(18)16-9(14)17-7(4)20/h2-3,5,8,19H,1H2,(H3,14,16,17,20)/t3-,5+,8?,10-/m1/s1. The average molecular weight is 305 g/mol. The highest BCUT2D eigenvalue weighted by Gasteiger charge is 2.58. The predicted molar refractivity (Wildman–Crippen MR) is 63.4 cm³/mol. The second-order valence-corrected chi connectivity index (χ2v) is 4.57. The molecule has 1 unspecified atom stereocenters. The molecule has 1 aliphatic heterocycles. The maximum Gasteiger partial charge on any atom is 0.280 e. The summed E-state index contributed by atoms with van der Waals surface area (Å²) in [6.07, 6.45) is -5.92. The number of aromatic amines is 1. The minimum Gasteiger partial charge on any atom is -0.390 e. The number of hydrogen-bond donors (Lipinski definition) is 3. The van der Waals surface area contributed by atoms with Crippen LogP contribution in [-0.2, 0) is 4.74 Å². The van der Waals surface area contributed by atoms with Crippen LogP contribution in [0.3, 0.4) is 0 Å². The SMILES string of the molecule is Nc1nc2c(ncn2C2O[C@](F)(CO)[C@@H](F)[C@H]2F)c(=O)[nH]1. The number of fused-ring (bicyclic) bond motifs is 1. The molecule has 0 aromatic carbocycles. The van der Waals surface area contributed by atoms with E-state index in [-0.39, 0.29) is 17.1 Å². The van der Waals surface area contributed by atoms with Gasteiger partial charge in [0.25, 0.3) is 11.4 Å². The predicted octanol–water partition coefficient (Wildman–Crippen LogP) is -0.435. The van der Waals surface area contributed by atoms with Gasteiger partial charge in [-0.1, -0.05) is 0 Å². The Hall–Kier alpha value is -2.14. The number of alkyl halides is 3. The molecule has 1 saturated heterocycles. The summed E-state index contributed by atoms with van der Waals surface area (Å²) < 4.78 is 46.8. The molecule has 0 saturated carbocycles. The van der Waals surface area contributed by atoms with Gasteiger partial charge in [0.1, 0.15) is 6.61 Å². The zero-order valence-corrected chi connectivity index (χ0v) is 10.3. The van der Waals surface area contributed by atoms with Crippen molar-refractivity contribution in [2.45, 2.75) is 24.4 Å². The molecule has 2 aromatic heterocycles. The lowest BCUT2D eigenvalue weighted by Crippen LogP contribution is -2.38. The Labute approximate surface area is 114 Å². The number of halogens is 3. The van der Waals surface area contributed by atoms with E-state index >= 15 is 0 Å². The first-order chi connectivity index (χ1) is 9.87. The number of nitrogens with two attached hydrogens (primary N) is 1. The number of rotatable bonds is 2. The number of H-pyrrole nitrogens is 1. The van der Waals surface area contributed by atoms with Crippen molar-refractivity contribution >= 4 is 17.1 Å². The van der Waals surface area contributed by atoms with Crippen LogP contribution in [0, 0.1) is 0 Å². The number of aliphatic hydroxyl groups is 1. The maximum atomic E-state index is 13.9. The van der Waals surface area contributed by atoms with Crippen LogP contribution < -0.4 is 11.3 Å². The summed E-state index contributed by atoms with van der Waals surface area (Å²) in [7, 11) is 0. The molecule has 4 N–H and O–H groups in total. The van der Waals surface area contributed by atoms with Gasteiger partial charge in [-0.05, 0) is 0 Å². The van der Waals surface area contributed by atoms with E-state index in [0.717, 1.165) is 10.9 Å². The Morgan fingerprint density at radius 3 is 2.90 bits per heavy atom. The summed E-state index contributed by atoms with van der Waals surface area (Å²) in [5.41, 5.74) is 4.31. The molecule has 0 bridgehead atoms. The van der Waals surface area contributed by atoms with Gasteiger partial charge < -0.3 is 15.6 Å². The summed E-state index contributed by atoms with van der Waals surface area (Å²) >= 11 is 0. The topological polar surface area (TPSA) is 119 Å². The normalized spacial score (nSPS) is 32.9. The van der Waals surface area contributed by atoms with Gasteiger partial charge in [-0.3, -0.25) is 14.3 Å². The van der Waals surface area contributed by atoms with Crippen molar-refractivity contribution in [2.24, 2.45) is 0 Å². The largest absolute Gasteiger partial charge is 0.390 e. The summed E-state index contributed by atoms with van der Waals surface area (Å²) in [4.78, 5) is 21.2. The van der Waals surface area contributed by atoms with Crippen molar-refractivity contribution in [3.05, 3.63) is 16.7 Å². The lowest BCUT2D eigenvalue weighted by atomic mass is 10.1. The van der Waals surface area contributed by atoms with E-state index in [1.807, 2.05) is 0 Å². The number of ether oxygens (including phenoxy) is 1. The number of nitrogens with zero attached hydrogens (tertiary/aromatic N) is 3. The van der Waals surface area contributed by atoms with Crippen LogP contribution in [0.4, 0.5) is 19.1 Å². The number of anilines is 1. The van der Waals surface area contributed by atoms with Crippen molar-refractivity contribution in [1.82, 2.24) is 19.5 Å². The van der Waals surface area contributed by atoms with Gasteiger partial charge in [-0.15, -0.1) is 0 Å². The molecular formula is C10H10F3N5O3. The van der Waals surface area contributed by atoms with Crippen LogP contribution in [-0.4, -0.2) is 49.4 Å². The second kappa shape index (κ2) is 4.43. The third-order valence-corrected chi connectivity index (χ3v) is 3.22. The first kappa shape index (κ1) is 13.8. The lowest BCUT2D eigenvalue weighted by molar-refractivity contribution is -0.195. The van der Waals surface area contributed by atoms with Gasteiger partial charge >= 0.3 is 0 Å². The Balaban J connectivity index is 2.12. The zero-order valence-electron chi connectivity index (χ0n) is 10.3. The number of nitrogens with one attached hydrogen (secondary N) is 1. The number of imidazole rings is 1. The first-order valence-corrected chi connectivity index (χ1v) is 5.85. The first-order valence-electron chi connectivity index (χ1n) is 5.85. The quantitative estimate of drug-likeness (QED) is 0.692. The molecule has 0 radical (unpaired) electrons. The minimum atomic E-state index is -3.17. The molecule has 1 fully saturated rings. The molecule has 4 atom stereocenters. The molecular weight excluding hydrogens is 295 g/mol. The van der Waals surface area contributed by atoms with E-state index in [4.69, 9.17) is 10.8 Å². The van der Waals surface area contributed by atoms with E-state index in [0.29, 0.717) is 0 Å². The third-order valence-electron chi connectivity index (χ3n) is 3.22. The minimum absolute atomic E-state index is 0.182. The van der Waals surface area contributed by atoms with Gasteiger partial charge in [0.2, 0.25) is 5.95 Å². The summed E-state index contributed by atoms with van der Waals surface area (Å²) in [6.45, 7) is -1.35. The molecule has 114 valence electrons. The molecule has 1 aliphatic rings. The van der Waals surface area contributed by atoms with Crippen LogP contribution in [0.15, 0.2) is 11.1 Å². The Morgan fingerprint density at radius 1 is 1.57 bits per heavy atom. The molecule has 21 heavy (non-hydrogen) atoms. The Bertz CT molecular complexity index is 749. The fourth-order valence-corrected chi connectivity index (χ4v) is 2.18. The van der Waals surface area contributed by atoms with Gasteiger partial charge in [0.15, 0.2) is 29.7 Å². The van der Waals surface area contributed by atoms with Crippen LogP contribution in [0.25, 0.3) is 11.2 Å². The molecule has 0 amide bonds. The van der Waals surface area contributed by atoms with Crippen molar-refractivity contribution in [3.8, 4) is 0 Å². The Morgan fingerprint density at radius 2 is 2.29 bits per heavy atom. The second-order valence-electron chi connectivity index (χ2n) is 4.57. The third kappa shape index (κ3) is 1.88. The van der Waals surface area contributed by atoms with Gasteiger partial charge in [-0.25, -0.2) is 18.2 Å². The lowest BCUT2D eigenvalue weighted by Gasteiger charge is -2.18. The number of aliphatic hydroxyl groups excluding tert-OH is 1. The molecule has 8 nitrogen and oxygen atoms in total. The summed E-state index contributed by atoms with van der Waals surface area (Å²) in [5, 5.41) is 8.81. The molecule has 0 spiro atoms. The average Bonchev–Trinajstić information content (AvgIpc) is 2.95. The summed E-state index contributed by atoms with van der Waals surface area (Å²) in [5.74, 6) is -3.44. The maximum absolute atomic E-state index is 13.9. The molecule has 3 rings (SSSR count). The fraction of sp³-hybridized carbons (Fsp3) is 0.500. The molecule has 2 aromatic rings. The van der Waals surface area contributed by atoms with Crippen molar-refractivity contribution in [3.63, 3.8) is 0 Å². The van der Waals surface area contributed by atoms with Gasteiger partial charge in [0, 0.05) is 0 Å². The van der Waals surface area contributed by atoms with E-state index < -0.39 is 36.6 Å². The van der Waals surface area contributed by atoms with Crippen molar-refractivity contribution < 1.29 is 23.0 Å². The van der Waals surface area contributed by atoms with Crippen LogP contribution in [0.1, 0.15) is 6.23 Å². The molecule has 0 aliphatic carbocycles. The van der Waals surface area contributed by atoms with E-state index in [9.17, 15) is 18.0 Å². The highest BCUT2D eigenvalue weighted by molar-refractivity contribution is 5.70. The monoisotopic (exact) mass is 305 g/mol. The number of aromatic nitrogens is 4. The highest BCUT2D eigenvalue weighted by atomic mass is 19.2. The van der Waals surface area contributed by atoms with Crippen LogP contribution in [0.2, 0.25) is 0 Å². The number of nitrogen functional groups attached to an aromatic ring is 1. The smallest absolute Gasteiger partial charge is 0.280 e. The van der Waals surface area contributed by atoms with Gasteiger partial charge in [-0.2, -0.15) is 4.98 Å². The van der Waals surface area contributed by atoms with Crippen LogP contribution >= 0.6 is 0 Å². The van der Waals surface area contributed by atoms with E-state index in [1.54, 1.807) is 0 Å². The summed E-state index contributed by atoms with van der Waals surface area (Å²) in [6, 6.07) is 0.